The normalized spacial score (nSPS) is 11.5. The van der Waals surface area contributed by atoms with Gasteiger partial charge in [-0.3, -0.25) is 18.8 Å². The molecule has 0 spiro atoms. The van der Waals surface area contributed by atoms with Gasteiger partial charge < -0.3 is 10.1 Å². The Labute approximate surface area is 237 Å². The third kappa shape index (κ3) is 6.71. The molecular formula is C27H25ClN4O6S2. The summed E-state index contributed by atoms with van der Waals surface area (Å²) in [4.78, 5) is 16.9. The molecule has 0 aliphatic heterocycles. The summed E-state index contributed by atoms with van der Waals surface area (Å²) < 4.78 is 61.4. The Balaban J connectivity index is 1.59. The topological polar surface area (TPSA) is 135 Å². The van der Waals surface area contributed by atoms with Crippen LogP contribution < -0.4 is 19.1 Å². The van der Waals surface area contributed by atoms with E-state index < -0.39 is 32.5 Å². The van der Waals surface area contributed by atoms with E-state index in [4.69, 9.17) is 16.3 Å². The number of anilines is 3. The fourth-order valence-electron chi connectivity index (χ4n) is 3.68. The molecule has 4 aromatic rings. The molecule has 1 heterocycles. The van der Waals surface area contributed by atoms with E-state index in [2.05, 4.69) is 15.0 Å². The van der Waals surface area contributed by atoms with Gasteiger partial charge in [0.15, 0.2) is 0 Å². The number of methoxy groups -OCH3 is 1. The Morgan fingerprint density at radius 3 is 2.23 bits per heavy atom. The lowest BCUT2D eigenvalue weighted by Crippen LogP contribution is -2.38. The molecule has 1 aromatic heterocycles. The van der Waals surface area contributed by atoms with E-state index in [-0.39, 0.29) is 31.9 Å². The van der Waals surface area contributed by atoms with Gasteiger partial charge in [-0.2, -0.15) is 0 Å². The van der Waals surface area contributed by atoms with Crippen molar-refractivity contribution in [1.29, 1.82) is 0 Å². The van der Waals surface area contributed by atoms with Gasteiger partial charge in [-0.05, 0) is 73.7 Å². The summed E-state index contributed by atoms with van der Waals surface area (Å²) in [6, 6.07) is 19.2. The molecule has 2 N–H and O–H groups in total. The molecule has 13 heteroatoms. The van der Waals surface area contributed by atoms with Crippen LogP contribution in [0.25, 0.3) is 0 Å². The average Bonchev–Trinajstić information content (AvgIpc) is 2.92. The summed E-state index contributed by atoms with van der Waals surface area (Å²) in [6.07, 6.45) is 2.89. The van der Waals surface area contributed by atoms with Crippen LogP contribution in [0.5, 0.6) is 5.75 Å². The van der Waals surface area contributed by atoms with Gasteiger partial charge in [0.2, 0.25) is 5.91 Å². The van der Waals surface area contributed by atoms with Gasteiger partial charge in [-0.1, -0.05) is 29.3 Å². The number of halogens is 1. The fourth-order valence-corrected chi connectivity index (χ4v) is 6.31. The number of amides is 1. The van der Waals surface area contributed by atoms with Crippen molar-refractivity contribution in [3.63, 3.8) is 0 Å². The molecule has 208 valence electrons. The Hall–Kier alpha value is -4.13. The van der Waals surface area contributed by atoms with Gasteiger partial charge >= 0.3 is 0 Å². The summed E-state index contributed by atoms with van der Waals surface area (Å²) in [6.45, 7) is 1.21. The smallest absolute Gasteiger partial charge is 0.264 e. The SMILES string of the molecule is COc1ccc(Cl)cc1N(CC(=O)Nc1ccc(S(=O)(=O)Nc2cccnc2)cc1)S(=O)(=O)c1ccc(C)cc1. The van der Waals surface area contributed by atoms with E-state index in [0.29, 0.717) is 5.69 Å². The van der Waals surface area contributed by atoms with Crippen LogP contribution in [0.15, 0.2) is 101 Å². The maximum absolute atomic E-state index is 13.7. The molecule has 0 bridgehead atoms. The monoisotopic (exact) mass is 600 g/mol. The molecule has 0 fully saturated rings. The zero-order chi connectivity index (χ0) is 28.9. The first-order valence-corrected chi connectivity index (χ1v) is 15.1. The van der Waals surface area contributed by atoms with Gasteiger partial charge in [0.05, 0.1) is 34.5 Å². The molecule has 0 unspecified atom stereocenters. The molecule has 0 aliphatic carbocycles. The molecule has 3 aromatic carbocycles. The van der Waals surface area contributed by atoms with E-state index in [0.717, 1.165) is 9.87 Å². The van der Waals surface area contributed by atoms with Crippen LogP contribution in [-0.2, 0) is 24.8 Å². The summed E-state index contributed by atoms with van der Waals surface area (Å²) in [7, 11) is -6.74. The van der Waals surface area contributed by atoms with Gasteiger partial charge in [-0.25, -0.2) is 16.8 Å². The second-order valence-electron chi connectivity index (χ2n) is 8.56. The lowest BCUT2D eigenvalue weighted by Gasteiger charge is -2.26. The number of carbonyl (C=O) groups excluding carboxylic acids is 1. The molecule has 40 heavy (non-hydrogen) atoms. The number of ether oxygens (including phenoxy) is 1. The van der Waals surface area contributed by atoms with Gasteiger partial charge in [-0.15, -0.1) is 0 Å². The van der Waals surface area contributed by atoms with Crippen LogP contribution in [0, 0.1) is 6.92 Å². The minimum absolute atomic E-state index is 0.0244. The van der Waals surface area contributed by atoms with Crippen molar-refractivity contribution in [3.05, 3.63) is 102 Å². The van der Waals surface area contributed by atoms with Crippen LogP contribution in [0.2, 0.25) is 5.02 Å². The number of rotatable bonds is 10. The molecule has 0 radical (unpaired) electrons. The zero-order valence-electron chi connectivity index (χ0n) is 21.4. The second-order valence-corrected chi connectivity index (χ2v) is 12.5. The molecule has 0 aliphatic rings. The average molecular weight is 601 g/mol. The number of benzene rings is 3. The predicted octanol–water partition coefficient (Wildman–Crippen LogP) is 4.69. The Morgan fingerprint density at radius 2 is 1.60 bits per heavy atom. The van der Waals surface area contributed by atoms with E-state index in [1.54, 1.807) is 30.3 Å². The highest BCUT2D eigenvalue weighted by Gasteiger charge is 2.30. The number of carbonyl (C=O) groups is 1. The highest BCUT2D eigenvalue weighted by molar-refractivity contribution is 7.93. The predicted molar refractivity (Wildman–Crippen MR) is 154 cm³/mol. The third-order valence-electron chi connectivity index (χ3n) is 5.67. The summed E-state index contributed by atoms with van der Waals surface area (Å²) in [5, 5.41) is 2.86. The van der Waals surface area contributed by atoms with Crippen molar-refractivity contribution in [2.75, 3.05) is 28.0 Å². The minimum atomic E-state index is -4.22. The van der Waals surface area contributed by atoms with E-state index >= 15 is 0 Å². The number of aryl methyl sites for hydroxylation is 1. The van der Waals surface area contributed by atoms with Gasteiger partial charge in [0, 0.05) is 16.9 Å². The van der Waals surface area contributed by atoms with Gasteiger partial charge in [0.25, 0.3) is 20.0 Å². The summed E-state index contributed by atoms with van der Waals surface area (Å²) in [5.74, 6) is -0.481. The van der Waals surface area contributed by atoms with Crippen LogP contribution >= 0.6 is 11.6 Å². The number of nitrogens with one attached hydrogen (secondary N) is 2. The van der Waals surface area contributed by atoms with Crippen molar-refractivity contribution >= 4 is 54.6 Å². The molecule has 0 saturated heterocycles. The first-order chi connectivity index (χ1) is 19.0. The molecule has 0 atom stereocenters. The largest absolute Gasteiger partial charge is 0.495 e. The molecule has 1 amide bonds. The number of hydrogen-bond acceptors (Lipinski definition) is 7. The summed E-state index contributed by atoms with van der Waals surface area (Å²) in [5.41, 5.74) is 1.50. The Bertz CT molecular complexity index is 1720. The van der Waals surface area contributed by atoms with E-state index in [1.165, 1.54) is 68.0 Å². The number of pyridine rings is 1. The highest BCUT2D eigenvalue weighted by atomic mass is 35.5. The molecule has 10 nitrogen and oxygen atoms in total. The first-order valence-electron chi connectivity index (χ1n) is 11.8. The summed E-state index contributed by atoms with van der Waals surface area (Å²) >= 11 is 6.17. The molecule has 4 rings (SSSR count). The highest BCUT2D eigenvalue weighted by Crippen LogP contribution is 2.35. The Morgan fingerprint density at radius 1 is 0.925 bits per heavy atom. The number of aromatic nitrogens is 1. The third-order valence-corrected chi connectivity index (χ3v) is 9.07. The maximum Gasteiger partial charge on any atom is 0.264 e. The minimum Gasteiger partial charge on any atom is -0.495 e. The lowest BCUT2D eigenvalue weighted by atomic mass is 10.2. The van der Waals surface area contributed by atoms with Gasteiger partial charge in [0.1, 0.15) is 12.3 Å². The lowest BCUT2D eigenvalue weighted by molar-refractivity contribution is -0.114. The molecule has 0 saturated carbocycles. The van der Waals surface area contributed by atoms with Crippen LogP contribution in [0.4, 0.5) is 17.1 Å². The fraction of sp³-hybridized carbons (Fsp3) is 0.111. The van der Waals surface area contributed by atoms with Crippen molar-refractivity contribution in [3.8, 4) is 5.75 Å². The van der Waals surface area contributed by atoms with Crippen molar-refractivity contribution in [1.82, 2.24) is 4.98 Å². The van der Waals surface area contributed by atoms with E-state index in [1.807, 2.05) is 6.92 Å². The van der Waals surface area contributed by atoms with Crippen LogP contribution in [0.3, 0.4) is 0 Å². The maximum atomic E-state index is 13.7. The van der Waals surface area contributed by atoms with Crippen molar-refractivity contribution < 1.29 is 26.4 Å². The number of hydrogen-bond donors (Lipinski definition) is 2. The quantitative estimate of drug-likeness (QED) is 0.270. The number of nitrogens with zero attached hydrogens (tertiary/aromatic N) is 2. The standard InChI is InChI=1S/C27H25ClN4O6S2/c1-19-5-10-24(11-6-19)40(36,37)32(25-16-20(28)7-14-26(25)38-2)18-27(33)30-21-8-12-23(13-9-21)39(34,35)31-22-4-3-15-29-17-22/h3-17,31H,18H2,1-2H3,(H,30,33). The Kier molecular flexibility index (Phi) is 8.62. The van der Waals surface area contributed by atoms with Crippen LogP contribution in [0.1, 0.15) is 5.56 Å². The second kappa shape index (κ2) is 11.9. The van der Waals surface area contributed by atoms with E-state index in [9.17, 15) is 21.6 Å². The first kappa shape index (κ1) is 28.9. The van der Waals surface area contributed by atoms with Crippen LogP contribution in [-0.4, -0.2) is 41.4 Å². The zero-order valence-corrected chi connectivity index (χ0v) is 23.8. The van der Waals surface area contributed by atoms with Crippen molar-refractivity contribution in [2.45, 2.75) is 16.7 Å². The number of sulfonamides is 2. The molecular weight excluding hydrogens is 576 g/mol. The van der Waals surface area contributed by atoms with Crippen molar-refractivity contribution in [2.24, 2.45) is 0 Å².